The molecule has 3 aromatic rings. The third kappa shape index (κ3) is 2.71. The van der Waals surface area contributed by atoms with Crippen LogP contribution in [0.25, 0.3) is 0 Å². The molecule has 2 saturated heterocycles. The van der Waals surface area contributed by atoms with Crippen LogP contribution >= 0.6 is 0 Å². The molecule has 0 aromatic heterocycles. The summed E-state index contributed by atoms with van der Waals surface area (Å²) in [6.07, 6.45) is -1.10. The first-order valence-corrected chi connectivity index (χ1v) is 11.0. The number of aryl methyl sites for hydroxylation is 1. The smallest absolute Gasteiger partial charge is 0.241 e. The fourth-order valence-electron chi connectivity index (χ4n) is 5.47. The quantitative estimate of drug-likeness (QED) is 0.416. The third-order valence-electron chi connectivity index (χ3n) is 7.08. The van der Waals surface area contributed by atoms with Gasteiger partial charge in [-0.25, -0.2) is 13.7 Å². The number of rotatable bonds is 2. The van der Waals surface area contributed by atoms with Gasteiger partial charge in [-0.05, 0) is 24.6 Å². The highest BCUT2D eigenvalue weighted by Gasteiger charge is 2.74. The summed E-state index contributed by atoms with van der Waals surface area (Å²) in [6.45, 7) is 1.87. The van der Waals surface area contributed by atoms with Gasteiger partial charge in [0.15, 0.2) is 0 Å². The second kappa shape index (κ2) is 7.23. The van der Waals surface area contributed by atoms with Crippen LogP contribution in [-0.4, -0.2) is 29.0 Å². The van der Waals surface area contributed by atoms with Gasteiger partial charge in [0.2, 0.25) is 29.0 Å². The van der Waals surface area contributed by atoms with Crippen molar-refractivity contribution in [2.75, 3.05) is 4.90 Å². The fraction of sp³-hybridized carbons (Fsp3) is 0.185. The minimum atomic E-state index is -2.25. The van der Waals surface area contributed by atoms with Gasteiger partial charge in [0, 0.05) is 17.2 Å². The summed E-state index contributed by atoms with van der Waals surface area (Å²) in [7, 11) is 0. The van der Waals surface area contributed by atoms with Crippen LogP contribution in [-0.2, 0) is 14.3 Å². The van der Waals surface area contributed by atoms with Crippen LogP contribution in [0.1, 0.15) is 37.9 Å². The van der Waals surface area contributed by atoms with Gasteiger partial charge >= 0.3 is 0 Å². The molecule has 2 fully saturated rings. The minimum Gasteiger partial charge on any atom is -0.349 e. The zero-order valence-corrected chi connectivity index (χ0v) is 18.3. The number of anilines is 1. The first-order valence-electron chi connectivity index (χ1n) is 11.0. The number of Topliss-reactive ketones (excluding diaryl/α,β-unsaturated/α-hetero) is 2. The van der Waals surface area contributed by atoms with Crippen LogP contribution in [0.15, 0.2) is 66.7 Å². The summed E-state index contributed by atoms with van der Waals surface area (Å²) in [5.74, 6) is -7.90. The molecule has 3 aliphatic rings. The van der Waals surface area contributed by atoms with Crippen molar-refractivity contribution in [3.63, 3.8) is 0 Å². The molecule has 6 rings (SSSR count). The Kier molecular flexibility index (Phi) is 4.44. The number of imide groups is 1. The first-order chi connectivity index (χ1) is 16.8. The summed E-state index contributed by atoms with van der Waals surface area (Å²) < 4.78 is 34.4. The van der Waals surface area contributed by atoms with Crippen LogP contribution < -0.4 is 4.90 Å². The maximum Gasteiger partial charge on any atom is 0.241 e. The number of hydrogen-bond donors (Lipinski definition) is 0. The highest BCUT2D eigenvalue weighted by Crippen LogP contribution is 2.57. The van der Waals surface area contributed by atoms with E-state index in [1.54, 1.807) is 36.4 Å². The number of halogens is 2. The Hall–Kier alpha value is -4.04. The molecule has 0 N–H and O–H groups in total. The standard InChI is InChI=1S/C27H17F2NO5/c1-13-6-8-14(9-7-13)22-20-21(26(34)30(25(20)33)19-11-10-15(28)12-18(19)29)27(35-22)23(31)16-4-2-3-5-17(16)24(27)32/h2-12,20-22H,1H3/t20-,21-,22-/m0/s1. The van der Waals surface area contributed by atoms with Crippen LogP contribution in [0.4, 0.5) is 14.5 Å². The molecule has 0 unspecified atom stereocenters. The van der Waals surface area contributed by atoms with E-state index >= 15 is 0 Å². The number of carbonyl (C=O) groups is 4. The first kappa shape index (κ1) is 21.5. The number of ketones is 2. The van der Waals surface area contributed by atoms with Crippen LogP contribution in [0.2, 0.25) is 0 Å². The van der Waals surface area contributed by atoms with Gasteiger partial charge in [0.1, 0.15) is 11.6 Å². The van der Waals surface area contributed by atoms with E-state index < -0.39 is 64.2 Å². The Morgan fingerprint density at radius 1 is 0.829 bits per heavy atom. The maximum atomic E-state index is 14.7. The molecule has 2 heterocycles. The summed E-state index contributed by atoms with van der Waals surface area (Å²) in [4.78, 5) is 55.3. The van der Waals surface area contributed by atoms with Gasteiger partial charge in [-0.15, -0.1) is 0 Å². The molecule has 3 aromatic carbocycles. The molecule has 8 heteroatoms. The average molecular weight is 473 g/mol. The number of hydrogen-bond acceptors (Lipinski definition) is 5. The number of ether oxygens (including phenoxy) is 1. The van der Waals surface area contributed by atoms with Gasteiger partial charge < -0.3 is 4.74 Å². The molecule has 0 saturated carbocycles. The van der Waals surface area contributed by atoms with Gasteiger partial charge in [0.25, 0.3) is 0 Å². The lowest BCUT2D eigenvalue weighted by Gasteiger charge is -2.27. The molecule has 3 atom stereocenters. The van der Waals surface area contributed by atoms with E-state index in [-0.39, 0.29) is 11.1 Å². The van der Waals surface area contributed by atoms with Gasteiger partial charge in [-0.2, -0.15) is 0 Å². The second-order valence-corrected chi connectivity index (χ2v) is 9.00. The predicted octanol–water partition coefficient (Wildman–Crippen LogP) is 3.97. The highest BCUT2D eigenvalue weighted by molar-refractivity contribution is 6.37. The molecule has 2 amide bonds. The Morgan fingerprint density at radius 2 is 1.46 bits per heavy atom. The Balaban J connectivity index is 1.55. The average Bonchev–Trinajstić information content (AvgIpc) is 3.40. The van der Waals surface area contributed by atoms with Crippen molar-refractivity contribution in [3.8, 4) is 0 Å². The molecule has 6 nitrogen and oxygen atoms in total. The van der Waals surface area contributed by atoms with Gasteiger partial charge in [-0.3, -0.25) is 19.2 Å². The Bertz CT molecular complexity index is 1430. The van der Waals surface area contributed by atoms with Crippen molar-refractivity contribution in [2.45, 2.75) is 18.6 Å². The van der Waals surface area contributed by atoms with Crippen LogP contribution in [0.5, 0.6) is 0 Å². The summed E-state index contributed by atoms with van der Waals surface area (Å²) in [5.41, 5.74) is -1.05. The van der Waals surface area contributed by atoms with E-state index in [4.69, 9.17) is 4.74 Å². The monoisotopic (exact) mass is 473 g/mol. The lowest BCUT2D eigenvalue weighted by molar-refractivity contribution is -0.127. The zero-order chi connectivity index (χ0) is 24.6. The molecule has 1 spiro atoms. The number of nitrogens with zero attached hydrogens (tertiary/aromatic N) is 1. The van der Waals surface area contributed by atoms with Crippen molar-refractivity contribution in [3.05, 3.63) is 101 Å². The largest absolute Gasteiger partial charge is 0.349 e. The molecule has 35 heavy (non-hydrogen) atoms. The van der Waals surface area contributed by atoms with Crippen molar-refractivity contribution in [2.24, 2.45) is 11.8 Å². The Labute approximate surface area is 198 Å². The van der Waals surface area contributed by atoms with Crippen molar-refractivity contribution in [1.82, 2.24) is 0 Å². The summed E-state index contributed by atoms with van der Waals surface area (Å²) in [5, 5.41) is 0. The van der Waals surface area contributed by atoms with Crippen molar-refractivity contribution < 1.29 is 32.7 Å². The van der Waals surface area contributed by atoms with Crippen LogP contribution in [0, 0.1) is 30.4 Å². The molecule has 0 radical (unpaired) electrons. The van der Waals surface area contributed by atoms with E-state index in [1.165, 1.54) is 12.1 Å². The Morgan fingerprint density at radius 3 is 2.06 bits per heavy atom. The van der Waals surface area contributed by atoms with E-state index in [9.17, 15) is 28.0 Å². The topological polar surface area (TPSA) is 80.8 Å². The molecule has 2 aliphatic heterocycles. The number of fused-ring (bicyclic) bond motifs is 3. The normalized spacial score (nSPS) is 24.4. The SMILES string of the molecule is Cc1ccc([C@@H]2OC3(C(=O)c4ccccc4C3=O)[C@@H]3C(=O)N(c4ccc(F)cc4F)C(=O)[C@@H]32)cc1. The minimum absolute atomic E-state index is 0.104. The maximum absolute atomic E-state index is 14.7. The number of benzene rings is 3. The molecular weight excluding hydrogens is 456 g/mol. The summed E-state index contributed by atoms with van der Waals surface area (Å²) >= 11 is 0. The van der Waals surface area contributed by atoms with E-state index in [2.05, 4.69) is 0 Å². The molecule has 0 bridgehead atoms. The number of amides is 2. The van der Waals surface area contributed by atoms with Crippen molar-refractivity contribution >= 4 is 29.1 Å². The van der Waals surface area contributed by atoms with Crippen molar-refractivity contribution in [1.29, 1.82) is 0 Å². The van der Waals surface area contributed by atoms with Gasteiger partial charge in [-0.1, -0.05) is 54.1 Å². The highest BCUT2D eigenvalue weighted by atomic mass is 19.1. The third-order valence-corrected chi connectivity index (χ3v) is 7.08. The summed E-state index contributed by atoms with van der Waals surface area (Å²) in [6, 6.07) is 15.6. The van der Waals surface area contributed by atoms with E-state index in [0.29, 0.717) is 16.5 Å². The molecule has 174 valence electrons. The fourth-order valence-corrected chi connectivity index (χ4v) is 5.47. The second-order valence-electron chi connectivity index (χ2n) is 9.00. The number of carbonyl (C=O) groups excluding carboxylic acids is 4. The lowest BCUT2D eigenvalue weighted by Crippen LogP contribution is -2.51. The predicted molar refractivity (Wildman–Crippen MR) is 119 cm³/mol. The zero-order valence-electron chi connectivity index (χ0n) is 18.3. The van der Waals surface area contributed by atoms with E-state index in [0.717, 1.165) is 17.7 Å². The molecular formula is C27H17F2NO5. The molecule has 1 aliphatic carbocycles. The van der Waals surface area contributed by atoms with Gasteiger partial charge in [0.05, 0.1) is 23.6 Å². The lowest BCUT2D eigenvalue weighted by atomic mass is 9.77. The van der Waals surface area contributed by atoms with Crippen LogP contribution in [0.3, 0.4) is 0 Å². The van der Waals surface area contributed by atoms with E-state index in [1.807, 2.05) is 6.92 Å².